The Balaban J connectivity index is 2.59. The molecule has 0 radical (unpaired) electrons. The van der Waals surface area contributed by atoms with Crippen molar-refractivity contribution in [3.05, 3.63) is 0 Å². The number of primary amides is 1. The van der Waals surface area contributed by atoms with Crippen molar-refractivity contribution in [1.29, 1.82) is 0 Å². The van der Waals surface area contributed by atoms with Crippen LogP contribution in [0.2, 0.25) is 0 Å². The van der Waals surface area contributed by atoms with Gasteiger partial charge in [-0.15, -0.1) is 0 Å². The van der Waals surface area contributed by atoms with Gasteiger partial charge in [0.2, 0.25) is 11.8 Å². The molecule has 1 aliphatic rings. The van der Waals surface area contributed by atoms with Gasteiger partial charge in [0.25, 0.3) is 0 Å². The van der Waals surface area contributed by atoms with E-state index in [-0.39, 0.29) is 19.1 Å². The zero-order valence-electron chi connectivity index (χ0n) is 8.16. The van der Waals surface area contributed by atoms with E-state index >= 15 is 0 Å². The summed E-state index contributed by atoms with van der Waals surface area (Å²) in [6, 6.07) is 0. The number of likely N-dealkylation sites (N-methyl/N-ethyl adjacent to an activating group) is 1. The van der Waals surface area contributed by atoms with Crippen molar-refractivity contribution in [3.8, 4) is 0 Å². The van der Waals surface area contributed by atoms with Crippen LogP contribution in [0.25, 0.3) is 0 Å². The third-order valence-corrected chi connectivity index (χ3v) is 2.22. The van der Waals surface area contributed by atoms with E-state index in [4.69, 9.17) is 16.2 Å². The van der Waals surface area contributed by atoms with E-state index < -0.39 is 11.4 Å². The minimum absolute atomic E-state index is 0.113. The smallest absolute Gasteiger partial charge is 0.245 e. The van der Waals surface area contributed by atoms with Crippen LogP contribution in [-0.2, 0) is 14.3 Å². The Labute approximate surface area is 82.2 Å². The fourth-order valence-corrected chi connectivity index (χ4v) is 1.44. The SMILES string of the molecule is CN(CC(N)=O)C(=O)C1(N)CCOC1. The summed E-state index contributed by atoms with van der Waals surface area (Å²) in [4.78, 5) is 23.5. The summed E-state index contributed by atoms with van der Waals surface area (Å²) in [5.74, 6) is -0.850. The molecule has 0 aromatic carbocycles. The minimum atomic E-state index is -0.982. The fraction of sp³-hybridized carbons (Fsp3) is 0.750. The standard InChI is InChI=1S/C8H15N3O3/c1-11(4-6(9)12)7(13)8(10)2-3-14-5-8/h2-5,10H2,1H3,(H2,9,12). The predicted molar refractivity (Wildman–Crippen MR) is 49.2 cm³/mol. The van der Waals surface area contributed by atoms with Gasteiger partial charge in [-0.3, -0.25) is 9.59 Å². The molecule has 0 aliphatic carbocycles. The number of carbonyl (C=O) groups is 2. The number of nitrogens with two attached hydrogens (primary N) is 2. The van der Waals surface area contributed by atoms with Crippen LogP contribution in [0.1, 0.15) is 6.42 Å². The second-order valence-electron chi connectivity index (χ2n) is 3.59. The van der Waals surface area contributed by atoms with Crippen LogP contribution in [0.4, 0.5) is 0 Å². The molecule has 0 aromatic heterocycles. The first kappa shape index (κ1) is 10.9. The van der Waals surface area contributed by atoms with Crippen LogP contribution in [0.15, 0.2) is 0 Å². The Hall–Kier alpha value is -1.14. The Kier molecular flexibility index (Phi) is 3.07. The zero-order valence-corrected chi connectivity index (χ0v) is 8.16. The summed E-state index contributed by atoms with van der Waals surface area (Å²) < 4.78 is 5.05. The maximum Gasteiger partial charge on any atom is 0.245 e. The Morgan fingerprint density at radius 3 is 2.64 bits per heavy atom. The molecule has 0 bridgehead atoms. The van der Waals surface area contributed by atoms with Crippen LogP contribution >= 0.6 is 0 Å². The molecule has 1 saturated heterocycles. The average Bonchev–Trinajstić information content (AvgIpc) is 2.51. The Bertz CT molecular complexity index is 248. The highest BCUT2D eigenvalue weighted by molar-refractivity contribution is 5.89. The van der Waals surface area contributed by atoms with Gasteiger partial charge in [0.1, 0.15) is 5.54 Å². The number of rotatable bonds is 3. The van der Waals surface area contributed by atoms with Gasteiger partial charge >= 0.3 is 0 Å². The molecule has 80 valence electrons. The lowest BCUT2D eigenvalue weighted by atomic mass is 9.98. The highest BCUT2D eigenvalue weighted by Gasteiger charge is 2.40. The molecule has 0 aromatic rings. The number of hydrogen-bond acceptors (Lipinski definition) is 4. The second-order valence-corrected chi connectivity index (χ2v) is 3.59. The molecule has 1 aliphatic heterocycles. The van der Waals surface area contributed by atoms with Crippen LogP contribution < -0.4 is 11.5 Å². The van der Waals surface area contributed by atoms with Crippen molar-refractivity contribution in [2.24, 2.45) is 11.5 Å². The monoisotopic (exact) mass is 201 g/mol. The molecule has 4 N–H and O–H groups in total. The number of hydrogen-bond donors (Lipinski definition) is 2. The molecule has 1 heterocycles. The van der Waals surface area contributed by atoms with Crippen molar-refractivity contribution in [1.82, 2.24) is 4.90 Å². The maximum absolute atomic E-state index is 11.7. The van der Waals surface area contributed by atoms with E-state index in [2.05, 4.69) is 0 Å². The molecular formula is C8H15N3O3. The summed E-state index contributed by atoms with van der Waals surface area (Å²) in [5, 5.41) is 0. The lowest BCUT2D eigenvalue weighted by Gasteiger charge is -2.26. The summed E-state index contributed by atoms with van der Waals surface area (Å²) in [5.41, 5.74) is 9.80. The molecule has 1 atom stereocenters. The topological polar surface area (TPSA) is 98.7 Å². The van der Waals surface area contributed by atoms with Gasteiger partial charge in [-0.1, -0.05) is 0 Å². The van der Waals surface area contributed by atoms with Crippen molar-refractivity contribution < 1.29 is 14.3 Å². The molecular weight excluding hydrogens is 186 g/mol. The molecule has 1 rings (SSSR count). The van der Waals surface area contributed by atoms with E-state index in [0.29, 0.717) is 13.0 Å². The first-order valence-corrected chi connectivity index (χ1v) is 4.36. The molecule has 6 nitrogen and oxygen atoms in total. The Morgan fingerprint density at radius 1 is 1.57 bits per heavy atom. The highest BCUT2D eigenvalue weighted by atomic mass is 16.5. The molecule has 6 heteroatoms. The van der Waals surface area contributed by atoms with E-state index in [1.807, 2.05) is 0 Å². The number of carbonyl (C=O) groups excluding carboxylic acids is 2. The molecule has 0 spiro atoms. The normalized spacial score (nSPS) is 26.1. The summed E-state index contributed by atoms with van der Waals surface area (Å²) in [6.45, 7) is 0.569. The zero-order chi connectivity index (χ0) is 10.8. The van der Waals surface area contributed by atoms with Gasteiger partial charge < -0.3 is 21.1 Å². The largest absolute Gasteiger partial charge is 0.379 e. The fourth-order valence-electron chi connectivity index (χ4n) is 1.44. The summed E-state index contributed by atoms with van der Waals surface area (Å²) in [7, 11) is 1.50. The molecule has 2 amide bonds. The first-order valence-electron chi connectivity index (χ1n) is 4.36. The van der Waals surface area contributed by atoms with Crippen LogP contribution in [0.5, 0.6) is 0 Å². The lowest BCUT2D eigenvalue weighted by Crippen LogP contribution is -2.56. The van der Waals surface area contributed by atoms with E-state index in [1.54, 1.807) is 0 Å². The van der Waals surface area contributed by atoms with Gasteiger partial charge in [0, 0.05) is 13.7 Å². The van der Waals surface area contributed by atoms with E-state index in [0.717, 1.165) is 0 Å². The van der Waals surface area contributed by atoms with Crippen molar-refractivity contribution in [2.45, 2.75) is 12.0 Å². The van der Waals surface area contributed by atoms with Gasteiger partial charge in [-0.25, -0.2) is 0 Å². The minimum Gasteiger partial charge on any atom is -0.379 e. The van der Waals surface area contributed by atoms with E-state index in [9.17, 15) is 9.59 Å². The van der Waals surface area contributed by atoms with Gasteiger partial charge in [-0.05, 0) is 6.42 Å². The predicted octanol–water partition coefficient (Wildman–Crippen LogP) is -1.95. The number of amides is 2. The number of nitrogens with zero attached hydrogens (tertiary/aromatic N) is 1. The van der Waals surface area contributed by atoms with Crippen LogP contribution in [-0.4, -0.2) is 49.1 Å². The van der Waals surface area contributed by atoms with Gasteiger partial charge in [-0.2, -0.15) is 0 Å². The molecule has 1 fully saturated rings. The summed E-state index contributed by atoms with van der Waals surface area (Å²) >= 11 is 0. The molecule has 0 saturated carbocycles. The third kappa shape index (κ3) is 2.21. The average molecular weight is 201 g/mol. The van der Waals surface area contributed by atoms with Crippen LogP contribution in [0.3, 0.4) is 0 Å². The van der Waals surface area contributed by atoms with Crippen molar-refractivity contribution >= 4 is 11.8 Å². The molecule has 14 heavy (non-hydrogen) atoms. The van der Waals surface area contributed by atoms with Gasteiger partial charge in [0.05, 0.1) is 13.2 Å². The Morgan fingerprint density at radius 2 is 2.21 bits per heavy atom. The van der Waals surface area contributed by atoms with Crippen LogP contribution in [0, 0.1) is 0 Å². The quantitative estimate of drug-likeness (QED) is 0.554. The third-order valence-electron chi connectivity index (χ3n) is 2.22. The van der Waals surface area contributed by atoms with Gasteiger partial charge in [0.15, 0.2) is 0 Å². The highest BCUT2D eigenvalue weighted by Crippen LogP contribution is 2.17. The van der Waals surface area contributed by atoms with E-state index in [1.165, 1.54) is 11.9 Å². The first-order chi connectivity index (χ1) is 6.46. The second kappa shape index (κ2) is 3.93. The van der Waals surface area contributed by atoms with Crippen molar-refractivity contribution in [3.63, 3.8) is 0 Å². The maximum atomic E-state index is 11.7. The lowest BCUT2D eigenvalue weighted by molar-refractivity contribution is -0.138. The summed E-state index contributed by atoms with van der Waals surface area (Å²) in [6.07, 6.45) is 0.481. The number of ether oxygens (including phenoxy) is 1. The van der Waals surface area contributed by atoms with Crippen molar-refractivity contribution in [2.75, 3.05) is 26.8 Å². The molecule has 1 unspecified atom stereocenters.